The van der Waals surface area contributed by atoms with Crippen molar-refractivity contribution in [1.29, 1.82) is 0 Å². The molecular formula is C19H24ClNO. The number of hydrogen-bond donors (Lipinski definition) is 1. The molecule has 0 amide bonds. The van der Waals surface area contributed by atoms with Crippen molar-refractivity contribution in [1.82, 2.24) is 5.32 Å². The summed E-state index contributed by atoms with van der Waals surface area (Å²) in [5.41, 5.74) is 2.28. The number of rotatable bonds is 9. The van der Waals surface area contributed by atoms with Crippen LogP contribution in [0, 0.1) is 0 Å². The van der Waals surface area contributed by atoms with Gasteiger partial charge < -0.3 is 10.1 Å². The molecule has 2 rings (SSSR count). The van der Waals surface area contributed by atoms with Gasteiger partial charge in [0, 0.05) is 17.1 Å². The van der Waals surface area contributed by atoms with E-state index in [1.165, 1.54) is 24.8 Å². The third kappa shape index (κ3) is 5.70. The Bertz CT molecular complexity index is 571. The van der Waals surface area contributed by atoms with Crippen molar-refractivity contribution in [2.24, 2.45) is 0 Å². The first kappa shape index (κ1) is 16.9. The van der Waals surface area contributed by atoms with Crippen molar-refractivity contribution in [2.45, 2.75) is 39.3 Å². The Kier molecular flexibility index (Phi) is 7.27. The van der Waals surface area contributed by atoms with Crippen LogP contribution in [0.5, 0.6) is 5.75 Å². The summed E-state index contributed by atoms with van der Waals surface area (Å²) in [7, 11) is 0. The van der Waals surface area contributed by atoms with E-state index >= 15 is 0 Å². The van der Waals surface area contributed by atoms with Gasteiger partial charge in [0.2, 0.25) is 0 Å². The van der Waals surface area contributed by atoms with Gasteiger partial charge in [0.1, 0.15) is 12.4 Å². The zero-order valence-electron chi connectivity index (χ0n) is 13.1. The number of hydrogen-bond acceptors (Lipinski definition) is 2. The van der Waals surface area contributed by atoms with E-state index in [2.05, 4.69) is 24.4 Å². The van der Waals surface area contributed by atoms with Crippen LogP contribution in [0.2, 0.25) is 5.02 Å². The summed E-state index contributed by atoms with van der Waals surface area (Å²) in [5.74, 6) is 0.936. The highest BCUT2D eigenvalue weighted by molar-refractivity contribution is 6.30. The maximum Gasteiger partial charge on any atom is 0.124 e. The van der Waals surface area contributed by atoms with Crippen LogP contribution < -0.4 is 10.1 Å². The molecule has 0 heterocycles. The van der Waals surface area contributed by atoms with Crippen LogP contribution in [0.15, 0.2) is 48.5 Å². The Hall–Kier alpha value is -1.51. The second-order valence-electron chi connectivity index (χ2n) is 5.41. The van der Waals surface area contributed by atoms with Crippen molar-refractivity contribution in [3.63, 3.8) is 0 Å². The van der Waals surface area contributed by atoms with Crippen LogP contribution in [0.1, 0.15) is 37.3 Å². The van der Waals surface area contributed by atoms with Crippen LogP contribution in [-0.4, -0.2) is 6.54 Å². The number of unbranched alkanes of at least 4 members (excludes halogenated alkanes) is 2. The van der Waals surface area contributed by atoms with E-state index in [9.17, 15) is 0 Å². The summed E-state index contributed by atoms with van der Waals surface area (Å²) in [5, 5.41) is 4.23. The second kappa shape index (κ2) is 9.50. The predicted molar refractivity (Wildman–Crippen MR) is 93.5 cm³/mol. The van der Waals surface area contributed by atoms with Crippen LogP contribution in [0.4, 0.5) is 0 Å². The monoisotopic (exact) mass is 317 g/mol. The minimum atomic E-state index is 0.535. The fraction of sp³-hybridized carbons (Fsp3) is 0.368. The van der Waals surface area contributed by atoms with E-state index in [1.54, 1.807) is 0 Å². The molecular weight excluding hydrogens is 294 g/mol. The molecule has 2 aromatic rings. The molecule has 0 atom stereocenters. The van der Waals surface area contributed by atoms with Gasteiger partial charge in [-0.2, -0.15) is 0 Å². The molecule has 0 fully saturated rings. The number of ether oxygens (including phenoxy) is 1. The highest BCUT2D eigenvalue weighted by Gasteiger charge is 2.03. The molecule has 0 aliphatic rings. The van der Waals surface area contributed by atoms with Gasteiger partial charge in [0.05, 0.1) is 0 Å². The zero-order chi connectivity index (χ0) is 15.6. The first-order chi connectivity index (χ1) is 10.8. The van der Waals surface area contributed by atoms with E-state index in [-0.39, 0.29) is 0 Å². The lowest BCUT2D eigenvalue weighted by molar-refractivity contribution is 0.302. The summed E-state index contributed by atoms with van der Waals surface area (Å²) < 4.78 is 5.96. The quantitative estimate of drug-likeness (QED) is 0.642. The average molecular weight is 318 g/mol. The maximum atomic E-state index is 6.00. The number of para-hydroxylation sites is 1. The van der Waals surface area contributed by atoms with Gasteiger partial charge in [-0.05, 0) is 36.7 Å². The Morgan fingerprint density at radius 1 is 1.05 bits per heavy atom. The topological polar surface area (TPSA) is 21.3 Å². The van der Waals surface area contributed by atoms with Gasteiger partial charge in [-0.25, -0.2) is 0 Å². The molecule has 22 heavy (non-hydrogen) atoms. The lowest BCUT2D eigenvalue weighted by Crippen LogP contribution is -2.15. The van der Waals surface area contributed by atoms with E-state index in [0.29, 0.717) is 6.61 Å². The predicted octanol–water partition coefficient (Wildman–Crippen LogP) is 5.20. The van der Waals surface area contributed by atoms with Crippen LogP contribution >= 0.6 is 11.6 Å². The summed E-state index contributed by atoms with van der Waals surface area (Å²) in [6.45, 7) is 4.65. The van der Waals surface area contributed by atoms with Crippen LogP contribution in [-0.2, 0) is 13.2 Å². The van der Waals surface area contributed by atoms with Gasteiger partial charge in [0.25, 0.3) is 0 Å². The van der Waals surface area contributed by atoms with Crippen molar-refractivity contribution < 1.29 is 4.74 Å². The summed E-state index contributed by atoms with van der Waals surface area (Å²) in [4.78, 5) is 0. The average Bonchev–Trinajstić information content (AvgIpc) is 2.54. The molecule has 0 unspecified atom stereocenters. The number of nitrogens with one attached hydrogen (secondary N) is 1. The van der Waals surface area contributed by atoms with Gasteiger partial charge >= 0.3 is 0 Å². The lowest BCUT2D eigenvalue weighted by Gasteiger charge is -2.12. The van der Waals surface area contributed by atoms with Crippen molar-refractivity contribution in [3.8, 4) is 5.75 Å². The number of halogens is 1. The molecule has 0 aliphatic carbocycles. The zero-order valence-corrected chi connectivity index (χ0v) is 13.9. The summed E-state index contributed by atoms with van der Waals surface area (Å²) >= 11 is 6.00. The highest BCUT2D eigenvalue weighted by Crippen LogP contribution is 2.20. The van der Waals surface area contributed by atoms with Crippen LogP contribution in [0.25, 0.3) is 0 Å². The molecule has 0 radical (unpaired) electrons. The normalized spacial score (nSPS) is 10.6. The molecule has 0 aromatic heterocycles. The Morgan fingerprint density at radius 3 is 2.73 bits per heavy atom. The molecule has 2 nitrogen and oxygen atoms in total. The maximum absolute atomic E-state index is 6.00. The Labute approximate surface area is 138 Å². The van der Waals surface area contributed by atoms with Crippen molar-refractivity contribution in [3.05, 3.63) is 64.7 Å². The number of benzene rings is 2. The van der Waals surface area contributed by atoms with E-state index in [4.69, 9.17) is 16.3 Å². The molecule has 0 saturated carbocycles. The van der Waals surface area contributed by atoms with Gasteiger partial charge in [-0.1, -0.05) is 61.7 Å². The molecule has 0 bridgehead atoms. The minimum absolute atomic E-state index is 0.535. The SMILES string of the molecule is CCCCCNCc1ccccc1OCc1cccc(Cl)c1. The minimum Gasteiger partial charge on any atom is -0.489 e. The Balaban J connectivity index is 1.87. The van der Waals surface area contributed by atoms with Gasteiger partial charge in [0.15, 0.2) is 0 Å². The van der Waals surface area contributed by atoms with Crippen molar-refractivity contribution >= 4 is 11.6 Å². The third-order valence-electron chi connectivity index (χ3n) is 3.53. The third-order valence-corrected chi connectivity index (χ3v) is 3.76. The second-order valence-corrected chi connectivity index (χ2v) is 5.85. The largest absolute Gasteiger partial charge is 0.489 e. The molecule has 0 saturated heterocycles. The summed E-state index contributed by atoms with van der Waals surface area (Å²) in [6, 6.07) is 16.0. The van der Waals surface area contributed by atoms with Crippen LogP contribution in [0.3, 0.4) is 0 Å². The van der Waals surface area contributed by atoms with Gasteiger partial charge in [-0.15, -0.1) is 0 Å². The van der Waals surface area contributed by atoms with E-state index in [1.807, 2.05) is 36.4 Å². The van der Waals surface area contributed by atoms with E-state index in [0.717, 1.165) is 29.4 Å². The molecule has 0 spiro atoms. The fourth-order valence-corrected chi connectivity index (χ4v) is 2.51. The van der Waals surface area contributed by atoms with Gasteiger partial charge in [-0.3, -0.25) is 0 Å². The molecule has 2 aromatic carbocycles. The summed E-state index contributed by atoms with van der Waals surface area (Å²) in [6.07, 6.45) is 3.75. The standard InChI is InChI=1S/C19H24ClNO/c1-2-3-6-12-21-14-17-9-4-5-11-19(17)22-15-16-8-7-10-18(20)13-16/h4-5,7-11,13,21H,2-3,6,12,14-15H2,1H3. The molecule has 1 N–H and O–H groups in total. The first-order valence-corrected chi connectivity index (χ1v) is 8.33. The smallest absolute Gasteiger partial charge is 0.124 e. The fourth-order valence-electron chi connectivity index (χ4n) is 2.30. The van der Waals surface area contributed by atoms with E-state index < -0.39 is 0 Å². The Morgan fingerprint density at radius 2 is 1.91 bits per heavy atom. The lowest BCUT2D eigenvalue weighted by atomic mass is 10.2. The molecule has 0 aliphatic heterocycles. The van der Waals surface area contributed by atoms with Crippen molar-refractivity contribution in [2.75, 3.05) is 6.54 Å². The first-order valence-electron chi connectivity index (χ1n) is 7.95. The molecule has 118 valence electrons. The highest BCUT2D eigenvalue weighted by atomic mass is 35.5. The molecule has 3 heteroatoms.